The van der Waals surface area contributed by atoms with Crippen molar-refractivity contribution in [2.45, 2.75) is 45.3 Å². The molecule has 1 saturated heterocycles. The Kier molecular flexibility index (Phi) is 5.18. The van der Waals surface area contributed by atoms with Crippen molar-refractivity contribution in [3.8, 4) is 0 Å². The lowest BCUT2D eigenvalue weighted by molar-refractivity contribution is 0.104. The lowest BCUT2D eigenvalue weighted by atomic mass is 10.0. The van der Waals surface area contributed by atoms with Crippen LogP contribution in [0.4, 0.5) is 0 Å². The van der Waals surface area contributed by atoms with Crippen LogP contribution in [0, 0.1) is 6.92 Å². The van der Waals surface area contributed by atoms with Gasteiger partial charge in [0.25, 0.3) is 0 Å². The van der Waals surface area contributed by atoms with Crippen molar-refractivity contribution in [2.24, 2.45) is 5.73 Å². The summed E-state index contributed by atoms with van der Waals surface area (Å²) in [5.41, 5.74) is 8.75. The molecule has 1 aliphatic heterocycles. The van der Waals surface area contributed by atoms with Gasteiger partial charge in [-0.1, -0.05) is 0 Å². The molecule has 2 N–H and O–H groups in total. The average molecular weight is 279 g/mol. The van der Waals surface area contributed by atoms with Gasteiger partial charge in [-0.3, -0.25) is 4.68 Å². The zero-order valence-corrected chi connectivity index (χ0v) is 13.3. The van der Waals surface area contributed by atoms with Gasteiger partial charge in [0.05, 0.1) is 5.69 Å². The zero-order chi connectivity index (χ0) is 14.7. The summed E-state index contributed by atoms with van der Waals surface area (Å²) in [5.74, 6) is 0. The predicted molar refractivity (Wildman–Crippen MR) is 82.8 cm³/mol. The lowest BCUT2D eigenvalue weighted by Crippen LogP contribution is -2.52. The molecule has 2 unspecified atom stereocenters. The molecule has 2 atom stereocenters. The first-order valence-electron chi connectivity index (χ1n) is 7.67. The zero-order valence-electron chi connectivity index (χ0n) is 13.3. The third-order valence-electron chi connectivity index (χ3n) is 4.31. The standard InChI is InChI=1S/C15H29N5/c1-5-20-14(8-12(2)17-20)9-13(16)10-15-11-18(3)6-7-19(15)4/h8,13,15H,5-7,9-11,16H2,1-4H3. The molecule has 2 heterocycles. The number of nitrogens with zero attached hydrogens (tertiary/aromatic N) is 4. The third-order valence-corrected chi connectivity index (χ3v) is 4.31. The van der Waals surface area contributed by atoms with Crippen LogP contribution in [-0.2, 0) is 13.0 Å². The molecule has 20 heavy (non-hydrogen) atoms. The maximum Gasteiger partial charge on any atom is 0.0596 e. The number of likely N-dealkylation sites (N-methyl/N-ethyl adjacent to an activating group) is 2. The normalized spacial score (nSPS) is 23.1. The Hall–Kier alpha value is -0.910. The van der Waals surface area contributed by atoms with Gasteiger partial charge in [0, 0.05) is 50.4 Å². The van der Waals surface area contributed by atoms with E-state index in [9.17, 15) is 0 Å². The second-order valence-corrected chi connectivity index (χ2v) is 6.19. The summed E-state index contributed by atoms with van der Waals surface area (Å²) in [6.07, 6.45) is 1.97. The molecular weight excluding hydrogens is 250 g/mol. The number of aryl methyl sites for hydroxylation is 2. The van der Waals surface area contributed by atoms with Crippen molar-refractivity contribution in [2.75, 3.05) is 33.7 Å². The van der Waals surface area contributed by atoms with E-state index >= 15 is 0 Å². The lowest BCUT2D eigenvalue weighted by Gasteiger charge is -2.38. The SMILES string of the molecule is CCn1nc(C)cc1CC(N)CC1CN(C)CCN1C. The molecule has 2 rings (SSSR count). The summed E-state index contributed by atoms with van der Waals surface area (Å²) in [6, 6.07) is 2.94. The molecule has 1 fully saturated rings. The Balaban J connectivity index is 1.92. The number of hydrogen-bond acceptors (Lipinski definition) is 4. The first-order valence-corrected chi connectivity index (χ1v) is 7.67. The summed E-state index contributed by atoms with van der Waals surface area (Å²) in [6.45, 7) is 8.51. The van der Waals surface area contributed by atoms with Crippen LogP contribution in [0.15, 0.2) is 6.07 Å². The van der Waals surface area contributed by atoms with E-state index in [2.05, 4.69) is 46.7 Å². The molecule has 0 radical (unpaired) electrons. The van der Waals surface area contributed by atoms with Crippen LogP contribution in [0.25, 0.3) is 0 Å². The van der Waals surface area contributed by atoms with Gasteiger partial charge in [-0.25, -0.2) is 0 Å². The highest BCUT2D eigenvalue weighted by atomic mass is 15.3. The number of aromatic nitrogens is 2. The van der Waals surface area contributed by atoms with E-state index < -0.39 is 0 Å². The Morgan fingerprint density at radius 2 is 2.15 bits per heavy atom. The van der Waals surface area contributed by atoms with Gasteiger partial charge < -0.3 is 15.5 Å². The van der Waals surface area contributed by atoms with E-state index in [1.165, 1.54) is 5.69 Å². The Bertz CT molecular complexity index is 428. The van der Waals surface area contributed by atoms with E-state index in [4.69, 9.17) is 5.73 Å². The highest BCUT2D eigenvalue weighted by Gasteiger charge is 2.24. The van der Waals surface area contributed by atoms with Crippen LogP contribution in [0.5, 0.6) is 0 Å². The number of hydrogen-bond donors (Lipinski definition) is 1. The fourth-order valence-corrected chi connectivity index (χ4v) is 3.09. The van der Waals surface area contributed by atoms with Crippen molar-refractivity contribution < 1.29 is 0 Å². The number of nitrogens with two attached hydrogens (primary N) is 1. The van der Waals surface area contributed by atoms with Gasteiger partial charge >= 0.3 is 0 Å². The average Bonchev–Trinajstić information content (AvgIpc) is 2.74. The van der Waals surface area contributed by atoms with Gasteiger partial charge in [0.2, 0.25) is 0 Å². The van der Waals surface area contributed by atoms with Crippen LogP contribution in [0.3, 0.4) is 0 Å². The first kappa shape index (κ1) is 15.5. The van der Waals surface area contributed by atoms with Crippen LogP contribution >= 0.6 is 0 Å². The summed E-state index contributed by atoms with van der Waals surface area (Å²) < 4.78 is 2.08. The quantitative estimate of drug-likeness (QED) is 0.863. The minimum Gasteiger partial charge on any atom is -0.327 e. The van der Waals surface area contributed by atoms with Gasteiger partial charge in [-0.2, -0.15) is 5.10 Å². The van der Waals surface area contributed by atoms with Crippen LogP contribution in [0.1, 0.15) is 24.7 Å². The largest absolute Gasteiger partial charge is 0.327 e. The molecule has 0 amide bonds. The predicted octanol–water partition coefficient (Wildman–Crippen LogP) is 0.717. The molecule has 0 aliphatic carbocycles. The molecule has 0 spiro atoms. The molecule has 5 nitrogen and oxygen atoms in total. The highest BCUT2D eigenvalue weighted by Crippen LogP contribution is 2.14. The molecule has 0 aromatic carbocycles. The highest BCUT2D eigenvalue weighted by molar-refractivity contribution is 5.10. The van der Waals surface area contributed by atoms with E-state index in [0.29, 0.717) is 6.04 Å². The van der Waals surface area contributed by atoms with E-state index in [1.54, 1.807) is 0 Å². The maximum absolute atomic E-state index is 6.39. The Morgan fingerprint density at radius 3 is 2.85 bits per heavy atom. The van der Waals surface area contributed by atoms with E-state index in [-0.39, 0.29) is 6.04 Å². The molecule has 0 bridgehead atoms. The molecule has 1 aliphatic rings. The van der Waals surface area contributed by atoms with E-state index in [1.807, 2.05) is 6.92 Å². The van der Waals surface area contributed by atoms with Crippen molar-refractivity contribution in [3.63, 3.8) is 0 Å². The van der Waals surface area contributed by atoms with Crippen LogP contribution in [-0.4, -0.2) is 65.4 Å². The first-order chi connectivity index (χ1) is 9.49. The van der Waals surface area contributed by atoms with Gasteiger partial charge in [0.1, 0.15) is 0 Å². The fourth-order valence-electron chi connectivity index (χ4n) is 3.09. The van der Waals surface area contributed by atoms with Crippen molar-refractivity contribution >= 4 is 0 Å². The minimum absolute atomic E-state index is 0.204. The van der Waals surface area contributed by atoms with Gasteiger partial charge in [-0.05, 0) is 40.4 Å². The Morgan fingerprint density at radius 1 is 1.40 bits per heavy atom. The second kappa shape index (κ2) is 6.70. The van der Waals surface area contributed by atoms with Crippen molar-refractivity contribution in [1.82, 2.24) is 19.6 Å². The second-order valence-electron chi connectivity index (χ2n) is 6.19. The van der Waals surface area contributed by atoms with Crippen LogP contribution in [0.2, 0.25) is 0 Å². The molecule has 5 heteroatoms. The molecule has 1 aromatic heterocycles. The number of piperazine rings is 1. The van der Waals surface area contributed by atoms with Crippen molar-refractivity contribution in [3.05, 3.63) is 17.5 Å². The minimum atomic E-state index is 0.204. The van der Waals surface area contributed by atoms with Gasteiger partial charge in [-0.15, -0.1) is 0 Å². The smallest absolute Gasteiger partial charge is 0.0596 e. The summed E-state index contributed by atoms with van der Waals surface area (Å²) >= 11 is 0. The Labute approximate surface area is 122 Å². The van der Waals surface area contributed by atoms with Gasteiger partial charge in [0.15, 0.2) is 0 Å². The molecular formula is C15H29N5. The molecule has 0 saturated carbocycles. The number of rotatable bonds is 5. The topological polar surface area (TPSA) is 50.3 Å². The monoisotopic (exact) mass is 279 g/mol. The van der Waals surface area contributed by atoms with E-state index in [0.717, 1.165) is 44.7 Å². The summed E-state index contributed by atoms with van der Waals surface area (Å²) in [4.78, 5) is 4.85. The third kappa shape index (κ3) is 3.81. The van der Waals surface area contributed by atoms with Crippen LogP contribution < -0.4 is 5.73 Å². The molecule has 114 valence electrons. The summed E-state index contributed by atoms with van der Waals surface area (Å²) in [7, 11) is 4.41. The van der Waals surface area contributed by atoms with Crippen molar-refractivity contribution in [1.29, 1.82) is 0 Å². The maximum atomic E-state index is 6.39. The summed E-state index contributed by atoms with van der Waals surface area (Å²) in [5, 5.41) is 4.50. The fraction of sp³-hybridized carbons (Fsp3) is 0.800. The molecule has 1 aromatic rings.